The third kappa shape index (κ3) is 4.47. The molecule has 20 heavy (non-hydrogen) atoms. The third-order valence-corrected chi connectivity index (χ3v) is 3.97. The topological polar surface area (TPSA) is 58.6 Å². The van der Waals surface area contributed by atoms with E-state index in [4.69, 9.17) is 16.3 Å². The molecule has 4 nitrogen and oxygen atoms in total. The number of aliphatic hydroxyl groups is 1. The molecule has 5 heteroatoms. The minimum absolute atomic E-state index is 0.0265. The molecule has 2 rings (SSSR count). The van der Waals surface area contributed by atoms with E-state index >= 15 is 0 Å². The third-order valence-electron chi connectivity index (χ3n) is 3.60. The van der Waals surface area contributed by atoms with Crippen LogP contribution in [-0.2, 0) is 16.1 Å². The van der Waals surface area contributed by atoms with Crippen molar-refractivity contribution in [3.8, 4) is 0 Å². The van der Waals surface area contributed by atoms with Crippen LogP contribution in [0.4, 0.5) is 0 Å². The van der Waals surface area contributed by atoms with Crippen molar-refractivity contribution in [2.45, 2.75) is 37.9 Å². The first-order valence-corrected chi connectivity index (χ1v) is 7.27. The average Bonchev–Trinajstić information content (AvgIpc) is 2.86. The van der Waals surface area contributed by atoms with Crippen molar-refractivity contribution in [3.05, 3.63) is 34.9 Å². The lowest BCUT2D eigenvalue weighted by atomic mass is 10.0. The van der Waals surface area contributed by atoms with Gasteiger partial charge >= 0.3 is 0 Å². The van der Waals surface area contributed by atoms with Gasteiger partial charge < -0.3 is 15.2 Å². The molecule has 1 aliphatic rings. The fourth-order valence-electron chi connectivity index (χ4n) is 2.39. The Hall–Kier alpha value is -1.10. The average molecular weight is 298 g/mol. The predicted molar refractivity (Wildman–Crippen MR) is 77.5 cm³/mol. The van der Waals surface area contributed by atoms with E-state index in [0.29, 0.717) is 18.2 Å². The summed E-state index contributed by atoms with van der Waals surface area (Å²) in [7, 11) is 0. The Balaban J connectivity index is 1.67. The van der Waals surface area contributed by atoms with Crippen LogP contribution >= 0.6 is 11.6 Å². The van der Waals surface area contributed by atoms with Gasteiger partial charge in [0.1, 0.15) is 6.61 Å². The zero-order chi connectivity index (χ0) is 14.4. The molecule has 110 valence electrons. The van der Waals surface area contributed by atoms with Crippen LogP contribution in [0.3, 0.4) is 0 Å². The van der Waals surface area contributed by atoms with Crippen molar-refractivity contribution >= 4 is 17.5 Å². The molecule has 1 fully saturated rings. The smallest absolute Gasteiger partial charge is 0.246 e. The molecule has 0 aliphatic heterocycles. The predicted octanol–water partition coefficient (Wildman–Crippen LogP) is 2.28. The Morgan fingerprint density at radius 3 is 2.75 bits per heavy atom. The van der Waals surface area contributed by atoms with E-state index in [1.165, 1.54) is 0 Å². The maximum atomic E-state index is 11.6. The van der Waals surface area contributed by atoms with Crippen molar-refractivity contribution in [1.82, 2.24) is 5.32 Å². The van der Waals surface area contributed by atoms with E-state index in [0.717, 1.165) is 31.2 Å². The van der Waals surface area contributed by atoms with Gasteiger partial charge in [0, 0.05) is 11.6 Å². The minimum atomic E-state index is -0.724. The molecule has 1 saturated carbocycles. The van der Waals surface area contributed by atoms with E-state index < -0.39 is 5.60 Å². The lowest BCUT2D eigenvalue weighted by Crippen LogP contribution is -2.42. The Kier molecular flexibility index (Phi) is 5.40. The molecule has 1 amide bonds. The first-order chi connectivity index (χ1) is 9.59. The van der Waals surface area contributed by atoms with Crippen LogP contribution in [-0.4, -0.2) is 29.8 Å². The molecule has 0 unspecified atom stereocenters. The summed E-state index contributed by atoms with van der Waals surface area (Å²) in [5.74, 6) is -0.211. The summed E-state index contributed by atoms with van der Waals surface area (Å²) >= 11 is 5.99. The van der Waals surface area contributed by atoms with Gasteiger partial charge in [-0.15, -0.1) is 0 Å². The molecule has 1 aromatic carbocycles. The fourth-order valence-corrected chi connectivity index (χ4v) is 2.58. The van der Waals surface area contributed by atoms with Crippen LogP contribution in [0.1, 0.15) is 31.2 Å². The molecule has 0 atom stereocenters. The first-order valence-electron chi connectivity index (χ1n) is 6.89. The van der Waals surface area contributed by atoms with Gasteiger partial charge in [-0.1, -0.05) is 42.6 Å². The lowest BCUT2D eigenvalue weighted by Gasteiger charge is -2.22. The molecular formula is C15H20ClNO3. The highest BCUT2D eigenvalue weighted by Gasteiger charge is 2.31. The van der Waals surface area contributed by atoms with Crippen LogP contribution in [0.2, 0.25) is 5.02 Å². The van der Waals surface area contributed by atoms with Gasteiger partial charge in [0.05, 0.1) is 12.2 Å². The summed E-state index contributed by atoms with van der Waals surface area (Å²) in [6.45, 7) is 0.583. The van der Waals surface area contributed by atoms with Gasteiger partial charge in [-0.05, 0) is 24.5 Å². The van der Waals surface area contributed by atoms with Gasteiger partial charge in [0.15, 0.2) is 0 Å². The minimum Gasteiger partial charge on any atom is -0.388 e. The van der Waals surface area contributed by atoms with Crippen LogP contribution in [0.25, 0.3) is 0 Å². The Morgan fingerprint density at radius 2 is 2.05 bits per heavy atom. The molecule has 1 aromatic rings. The van der Waals surface area contributed by atoms with Crippen LogP contribution in [0, 0.1) is 0 Å². The van der Waals surface area contributed by atoms with Crippen molar-refractivity contribution in [3.63, 3.8) is 0 Å². The number of carbonyl (C=O) groups excluding carboxylic acids is 1. The second-order valence-corrected chi connectivity index (χ2v) is 5.70. The quantitative estimate of drug-likeness (QED) is 0.847. The van der Waals surface area contributed by atoms with Crippen molar-refractivity contribution < 1.29 is 14.6 Å². The molecule has 1 aliphatic carbocycles. The standard InChI is InChI=1S/C15H20ClNO3/c16-13-6-2-1-5-12(13)9-20-10-14(18)17-11-15(19)7-3-4-8-15/h1-2,5-6,19H,3-4,7-11H2,(H,17,18). The number of hydrogen-bond donors (Lipinski definition) is 2. The largest absolute Gasteiger partial charge is 0.388 e. The lowest BCUT2D eigenvalue weighted by molar-refractivity contribution is -0.127. The summed E-state index contributed by atoms with van der Waals surface area (Å²) in [5, 5.41) is 13.5. The maximum absolute atomic E-state index is 11.6. The number of benzene rings is 1. The second-order valence-electron chi connectivity index (χ2n) is 5.29. The monoisotopic (exact) mass is 297 g/mol. The highest BCUT2D eigenvalue weighted by Crippen LogP contribution is 2.28. The van der Waals surface area contributed by atoms with Crippen molar-refractivity contribution in [2.75, 3.05) is 13.2 Å². The first kappa shape index (κ1) is 15.3. The number of amides is 1. The Bertz CT molecular complexity index is 458. The molecule has 2 N–H and O–H groups in total. The van der Waals surface area contributed by atoms with Gasteiger partial charge in [-0.3, -0.25) is 4.79 Å². The zero-order valence-electron chi connectivity index (χ0n) is 11.4. The van der Waals surface area contributed by atoms with Gasteiger partial charge in [0.2, 0.25) is 5.91 Å². The van der Waals surface area contributed by atoms with E-state index in [-0.39, 0.29) is 12.5 Å². The van der Waals surface area contributed by atoms with E-state index in [1.54, 1.807) is 6.07 Å². The normalized spacial score (nSPS) is 17.1. The molecule has 0 saturated heterocycles. The van der Waals surface area contributed by atoms with Crippen molar-refractivity contribution in [2.24, 2.45) is 0 Å². The molecule has 0 aromatic heterocycles. The van der Waals surface area contributed by atoms with Crippen LogP contribution in [0.5, 0.6) is 0 Å². The molecule has 0 bridgehead atoms. The Labute approximate surface area is 124 Å². The summed E-state index contributed by atoms with van der Waals surface area (Å²) < 4.78 is 5.33. The number of carbonyl (C=O) groups is 1. The maximum Gasteiger partial charge on any atom is 0.246 e. The summed E-state index contributed by atoms with van der Waals surface area (Å²) in [4.78, 5) is 11.6. The van der Waals surface area contributed by atoms with E-state index in [2.05, 4.69) is 5.32 Å². The summed E-state index contributed by atoms with van der Waals surface area (Å²) in [6, 6.07) is 7.37. The molecule has 0 radical (unpaired) electrons. The fraction of sp³-hybridized carbons (Fsp3) is 0.533. The number of ether oxygens (including phenoxy) is 1. The molecular weight excluding hydrogens is 278 g/mol. The second kappa shape index (κ2) is 7.07. The Morgan fingerprint density at radius 1 is 1.35 bits per heavy atom. The number of nitrogens with one attached hydrogen (secondary N) is 1. The van der Waals surface area contributed by atoms with Crippen LogP contribution in [0.15, 0.2) is 24.3 Å². The van der Waals surface area contributed by atoms with Gasteiger partial charge in [0.25, 0.3) is 0 Å². The highest BCUT2D eigenvalue weighted by atomic mass is 35.5. The molecule has 0 spiro atoms. The van der Waals surface area contributed by atoms with Crippen molar-refractivity contribution in [1.29, 1.82) is 0 Å². The number of hydrogen-bond acceptors (Lipinski definition) is 3. The van der Waals surface area contributed by atoms with E-state index in [9.17, 15) is 9.90 Å². The zero-order valence-corrected chi connectivity index (χ0v) is 12.2. The number of halogens is 1. The van der Waals surface area contributed by atoms with E-state index in [1.807, 2.05) is 18.2 Å². The highest BCUT2D eigenvalue weighted by molar-refractivity contribution is 6.31. The number of rotatable bonds is 6. The van der Waals surface area contributed by atoms with Gasteiger partial charge in [-0.2, -0.15) is 0 Å². The SMILES string of the molecule is O=C(COCc1ccccc1Cl)NCC1(O)CCCC1. The van der Waals surface area contributed by atoms with Gasteiger partial charge in [-0.25, -0.2) is 0 Å². The summed E-state index contributed by atoms with van der Waals surface area (Å²) in [5.41, 5.74) is 0.134. The van der Waals surface area contributed by atoms with Crippen LogP contribution < -0.4 is 5.32 Å². The molecule has 0 heterocycles. The summed E-state index contributed by atoms with van der Waals surface area (Å²) in [6.07, 6.45) is 3.56.